The summed E-state index contributed by atoms with van der Waals surface area (Å²) >= 11 is 0. The molecule has 0 unspecified atom stereocenters. The average Bonchev–Trinajstić information content (AvgIpc) is 2.08. The van der Waals surface area contributed by atoms with Gasteiger partial charge in [-0.3, -0.25) is 0 Å². The van der Waals surface area contributed by atoms with Crippen molar-refractivity contribution in [2.24, 2.45) is 5.11 Å². The fourth-order valence-corrected chi connectivity index (χ4v) is 0.815. The van der Waals surface area contributed by atoms with E-state index in [9.17, 15) is 9.18 Å². The van der Waals surface area contributed by atoms with Gasteiger partial charge in [-0.2, -0.15) is 0 Å². The average molecular weight is 181 g/mol. The molecule has 5 nitrogen and oxygen atoms in total. The number of carboxylic acid groups (broad SMARTS) is 1. The van der Waals surface area contributed by atoms with Crippen LogP contribution in [0.1, 0.15) is 10.4 Å². The molecule has 0 amide bonds. The van der Waals surface area contributed by atoms with Gasteiger partial charge in [0, 0.05) is 4.91 Å². The Bertz CT molecular complexity index is 399. The van der Waals surface area contributed by atoms with Crippen LogP contribution in [0.3, 0.4) is 0 Å². The number of nitrogens with zero attached hydrogens (tertiary/aromatic N) is 3. The predicted octanol–water partition coefficient (Wildman–Crippen LogP) is 2.47. The van der Waals surface area contributed by atoms with Gasteiger partial charge in [0.1, 0.15) is 5.82 Å². The van der Waals surface area contributed by atoms with Crippen molar-refractivity contribution in [3.8, 4) is 0 Å². The van der Waals surface area contributed by atoms with Crippen molar-refractivity contribution < 1.29 is 14.3 Å². The summed E-state index contributed by atoms with van der Waals surface area (Å²) in [7, 11) is 0. The normalized spacial score (nSPS) is 9.00. The molecular weight excluding hydrogens is 177 g/mol. The zero-order chi connectivity index (χ0) is 9.84. The van der Waals surface area contributed by atoms with E-state index in [0.29, 0.717) is 0 Å². The van der Waals surface area contributed by atoms with Crippen LogP contribution in [0.25, 0.3) is 10.4 Å². The fraction of sp³-hybridized carbons (Fsp3) is 0. The second-order valence-corrected chi connectivity index (χ2v) is 2.16. The van der Waals surface area contributed by atoms with Gasteiger partial charge in [0.15, 0.2) is 0 Å². The van der Waals surface area contributed by atoms with E-state index in [-0.39, 0.29) is 11.3 Å². The van der Waals surface area contributed by atoms with Crippen LogP contribution in [0, 0.1) is 5.82 Å². The summed E-state index contributed by atoms with van der Waals surface area (Å²) in [5.41, 5.74) is 7.62. The van der Waals surface area contributed by atoms with Gasteiger partial charge in [0.2, 0.25) is 0 Å². The molecule has 13 heavy (non-hydrogen) atoms. The zero-order valence-corrected chi connectivity index (χ0v) is 6.31. The second-order valence-electron chi connectivity index (χ2n) is 2.16. The van der Waals surface area contributed by atoms with Crippen molar-refractivity contribution in [2.45, 2.75) is 0 Å². The Hall–Kier alpha value is -2.07. The highest BCUT2D eigenvalue weighted by Crippen LogP contribution is 2.20. The first kappa shape index (κ1) is 9.02. The van der Waals surface area contributed by atoms with Crippen LogP contribution < -0.4 is 0 Å². The van der Waals surface area contributed by atoms with Gasteiger partial charge in [-0.1, -0.05) is 5.11 Å². The predicted molar refractivity (Wildman–Crippen MR) is 42.2 cm³/mol. The minimum Gasteiger partial charge on any atom is -0.478 e. The first-order valence-electron chi connectivity index (χ1n) is 3.23. The molecule has 0 saturated carbocycles. The van der Waals surface area contributed by atoms with Crippen LogP contribution in [0.2, 0.25) is 0 Å². The number of hydrogen-bond acceptors (Lipinski definition) is 2. The minimum atomic E-state index is -1.33. The van der Waals surface area contributed by atoms with Gasteiger partial charge >= 0.3 is 5.97 Å². The zero-order valence-electron chi connectivity index (χ0n) is 6.31. The van der Waals surface area contributed by atoms with Crippen molar-refractivity contribution in [1.29, 1.82) is 0 Å². The maximum absolute atomic E-state index is 12.5. The SMILES string of the molecule is [N-]=[N+]=Nc1ccc(F)cc1C(=O)O. The lowest BCUT2D eigenvalue weighted by Gasteiger charge is -1.98. The first-order valence-corrected chi connectivity index (χ1v) is 3.23. The van der Waals surface area contributed by atoms with Crippen molar-refractivity contribution >= 4 is 11.7 Å². The van der Waals surface area contributed by atoms with Gasteiger partial charge in [-0.05, 0) is 23.7 Å². The quantitative estimate of drug-likeness (QED) is 0.431. The first-order chi connectivity index (χ1) is 6.15. The number of rotatable bonds is 2. The Kier molecular flexibility index (Phi) is 2.47. The molecule has 0 radical (unpaired) electrons. The maximum atomic E-state index is 12.5. The van der Waals surface area contributed by atoms with Crippen LogP contribution in [-0.2, 0) is 0 Å². The molecule has 0 aliphatic heterocycles. The van der Waals surface area contributed by atoms with E-state index in [1.165, 1.54) is 0 Å². The van der Waals surface area contributed by atoms with E-state index in [4.69, 9.17) is 10.6 Å². The second kappa shape index (κ2) is 3.55. The molecule has 0 saturated heterocycles. The standard InChI is InChI=1S/C7H4FN3O2/c8-4-1-2-6(10-11-9)5(3-4)7(12)13/h1-3H,(H,12,13). The highest BCUT2D eigenvalue weighted by atomic mass is 19.1. The molecule has 1 rings (SSSR count). The molecule has 66 valence electrons. The molecule has 0 heterocycles. The lowest BCUT2D eigenvalue weighted by atomic mass is 10.2. The van der Waals surface area contributed by atoms with Gasteiger partial charge in [0.25, 0.3) is 0 Å². The molecule has 0 fully saturated rings. The highest BCUT2D eigenvalue weighted by Gasteiger charge is 2.09. The third-order valence-electron chi connectivity index (χ3n) is 1.34. The highest BCUT2D eigenvalue weighted by molar-refractivity contribution is 5.93. The molecule has 0 aliphatic carbocycles. The van der Waals surface area contributed by atoms with Crippen LogP contribution >= 0.6 is 0 Å². The summed E-state index contributed by atoms with van der Waals surface area (Å²) in [6.45, 7) is 0. The Morgan fingerprint density at radius 3 is 2.85 bits per heavy atom. The Morgan fingerprint density at radius 1 is 1.62 bits per heavy atom. The van der Waals surface area contributed by atoms with Crippen LogP contribution in [0.15, 0.2) is 23.3 Å². The molecule has 0 atom stereocenters. The molecular formula is C7H4FN3O2. The molecule has 0 aliphatic rings. The molecule has 0 bridgehead atoms. The summed E-state index contributed by atoms with van der Waals surface area (Å²) < 4.78 is 12.5. The van der Waals surface area contributed by atoms with Crippen LogP contribution in [0.5, 0.6) is 0 Å². The fourth-order valence-electron chi connectivity index (χ4n) is 0.815. The maximum Gasteiger partial charge on any atom is 0.336 e. The minimum absolute atomic E-state index is 0.101. The third-order valence-corrected chi connectivity index (χ3v) is 1.34. The topological polar surface area (TPSA) is 86.1 Å². The number of aromatic carboxylic acids is 1. The number of carbonyl (C=O) groups is 1. The molecule has 0 aromatic heterocycles. The summed E-state index contributed by atoms with van der Waals surface area (Å²) in [5.74, 6) is -2.02. The van der Waals surface area contributed by atoms with E-state index in [1.54, 1.807) is 0 Å². The summed E-state index contributed by atoms with van der Waals surface area (Å²) in [6.07, 6.45) is 0. The van der Waals surface area contributed by atoms with Gasteiger partial charge in [0.05, 0.1) is 11.3 Å². The Labute approximate surface area is 72.1 Å². The van der Waals surface area contributed by atoms with Crippen LogP contribution in [0.4, 0.5) is 10.1 Å². The van der Waals surface area contributed by atoms with Gasteiger partial charge in [-0.15, -0.1) is 0 Å². The molecule has 1 N–H and O–H groups in total. The van der Waals surface area contributed by atoms with Crippen molar-refractivity contribution in [1.82, 2.24) is 0 Å². The van der Waals surface area contributed by atoms with Crippen molar-refractivity contribution in [3.63, 3.8) is 0 Å². The van der Waals surface area contributed by atoms with Gasteiger partial charge in [-0.25, -0.2) is 9.18 Å². The lowest BCUT2D eigenvalue weighted by Crippen LogP contribution is -1.96. The van der Waals surface area contributed by atoms with E-state index < -0.39 is 11.8 Å². The number of halogens is 1. The number of hydrogen-bond donors (Lipinski definition) is 1. The van der Waals surface area contributed by atoms with E-state index in [1.807, 2.05) is 0 Å². The Balaban J connectivity index is 3.34. The third kappa shape index (κ3) is 1.94. The smallest absolute Gasteiger partial charge is 0.336 e. The summed E-state index contributed by atoms with van der Waals surface area (Å²) in [6, 6.07) is 2.93. The van der Waals surface area contributed by atoms with Crippen molar-refractivity contribution in [3.05, 3.63) is 40.0 Å². The molecule has 1 aromatic rings. The number of carboxylic acids is 1. The number of benzene rings is 1. The molecule has 0 spiro atoms. The molecule has 6 heteroatoms. The Morgan fingerprint density at radius 2 is 2.31 bits per heavy atom. The van der Waals surface area contributed by atoms with Crippen molar-refractivity contribution in [2.75, 3.05) is 0 Å². The van der Waals surface area contributed by atoms with Gasteiger partial charge < -0.3 is 5.11 Å². The lowest BCUT2D eigenvalue weighted by molar-refractivity contribution is 0.0697. The van der Waals surface area contributed by atoms with Crippen LogP contribution in [-0.4, -0.2) is 11.1 Å². The van der Waals surface area contributed by atoms with E-state index >= 15 is 0 Å². The number of azide groups is 1. The molecule has 1 aromatic carbocycles. The summed E-state index contributed by atoms with van der Waals surface area (Å²) in [5, 5.41) is 11.7. The largest absolute Gasteiger partial charge is 0.478 e. The monoisotopic (exact) mass is 181 g/mol. The van der Waals surface area contributed by atoms with E-state index in [2.05, 4.69) is 10.0 Å². The summed E-state index contributed by atoms with van der Waals surface area (Å²) in [4.78, 5) is 12.9. The van der Waals surface area contributed by atoms with E-state index in [0.717, 1.165) is 18.2 Å².